The van der Waals surface area contributed by atoms with Crippen molar-refractivity contribution in [2.75, 3.05) is 0 Å². The van der Waals surface area contributed by atoms with E-state index >= 15 is 0 Å². The minimum absolute atomic E-state index is 0.590. The van der Waals surface area contributed by atoms with Gasteiger partial charge in [0.2, 0.25) is 0 Å². The Bertz CT molecular complexity index is 290. The molecule has 1 heterocycles. The van der Waals surface area contributed by atoms with Crippen molar-refractivity contribution in [3.8, 4) is 0 Å². The van der Waals surface area contributed by atoms with Gasteiger partial charge >= 0.3 is 5.97 Å². The average Bonchev–Trinajstić information content (AvgIpc) is 2.35. The maximum absolute atomic E-state index is 11.0. The predicted molar refractivity (Wildman–Crippen MR) is 45.3 cm³/mol. The molecule has 0 radical (unpaired) electrons. The molecule has 12 heavy (non-hydrogen) atoms. The van der Waals surface area contributed by atoms with E-state index in [1.54, 1.807) is 6.20 Å². The molecular weight excluding hydrogens is 174 g/mol. The molecule has 1 aliphatic rings. The number of hydrogen-bond acceptors (Lipinski definition) is 3. The van der Waals surface area contributed by atoms with Crippen LogP contribution in [-0.4, -0.2) is 15.4 Å². The van der Waals surface area contributed by atoms with E-state index in [2.05, 4.69) is 4.37 Å². The molecule has 1 aliphatic carbocycles. The van der Waals surface area contributed by atoms with Gasteiger partial charge in [0.15, 0.2) is 0 Å². The molecule has 1 N–H and O–H groups in total. The highest BCUT2D eigenvalue weighted by Gasteiger charge is 2.46. The Morgan fingerprint density at radius 2 is 2.42 bits per heavy atom. The van der Waals surface area contributed by atoms with Crippen molar-refractivity contribution in [3.63, 3.8) is 0 Å². The zero-order valence-corrected chi connectivity index (χ0v) is 7.30. The van der Waals surface area contributed by atoms with Gasteiger partial charge < -0.3 is 5.11 Å². The first-order chi connectivity index (χ1) is 5.76. The summed E-state index contributed by atoms with van der Waals surface area (Å²) >= 11 is 1.32. The Morgan fingerprint density at radius 3 is 2.75 bits per heavy atom. The maximum atomic E-state index is 11.0. The lowest BCUT2D eigenvalue weighted by Gasteiger charge is -2.36. The van der Waals surface area contributed by atoms with Gasteiger partial charge in [-0.3, -0.25) is 4.79 Å². The van der Waals surface area contributed by atoms with E-state index in [0.717, 1.165) is 24.8 Å². The molecule has 0 saturated heterocycles. The highest BCUT2D eigenvalue weighted by Crippen LogP contribution is 2.44. The van der Waals surface area contributed by atoms with Gasteiger partial charge in [-0.2, -0.15) is 0 Å². The van der Waals surface area contributed by atoms with Crippen LogP contribution in [0, 0.1) is 0 Å². The molecule has 0 bridgehead atoms. The third kappa shape index (κ3) is 0.876. The van der Waals surface area contributed by atoms with E-state index in [1.165, 1.54) is 11.5 Å². The van der Waals surface area contributed by atoms with E-state index in [0.29, 0.717) is 0 Å². The van der Waals surface area contributed by atoms with Crippen LogP contribution >= 0.6 is 11.5 Å². The first-order valence-corrected chi connectivity index (χ1v) is 4.73. The minimum Gasteiger partial charge on any atom is -0.481 e. The van der Waals surface area contributed by atoms with Gasteiger partial charge in [0.1, 0.15) is 0 Å². The monoisotopic (exact) mass is 183 g/mol. The van der Waals surface area contributed by atoms with Gasteiger partial charge in [-0.1, -0.05) is 6.42 Å². The lowest BCUT2D eigenvalue weighted by atomic mass is 9.65. The van der Waals surface area contributed by atoms with Gasteiger partial charge in [-0.25, -0.2) is 4.37 Å². The van der Waals surface area contributed by atoms with Crippen molar-refractivity contribution < 1.29 is 9.90 Å². The van der Waals surface area contributed by atoms with Crippen molar-refractivity contribution >= 4 is 17.5 Å². The van der Waals surface area contributed by atoms with Crippen LogP contribution in [-0.2, 0) is 10.2 Å². The van der Waals surface area contributed by atoms with E-state index in [1.807, 2.05) is 5.38 Å². The maximum Gasteiger partial charge on any atom is 0.314 e. The molecule has 1 saturated carbocycles. The summed E-state index contributed by atoms with van der Waals surface area (Å²) in [6.45, 7) is 0. The summed E-state index contributed by atoms with van der Waals surface area (Å²) < 4.78 is 3.93. The zero-order chi connectivity index (χ0) is 8.60. The predicted octanol–water partition coefficient (Wildman–Crippen LogP) is 1.65. The number of carboxylic acids is 1. The van der Waals surface area contributed by atoms with Crippen LogP contribution in [0.3, 0.4) is 0 Å². The summed E-state index contributed by atoms with van der Waals surface area (Å²) in [6.07, 6.45) is 4.22. The van der Waals surface area contributed by atoms with Crippen LogP contribution in [0.2, 0.25) is 0 Å². The van der Waals surface area contributed by atoms with Crippen molar-refractivity contribution in [1.82, 2.24) is 4.37 Å². The number of aromatic nitrogens is 1. The Kier molecular flexibility index (Phi) is 1.65. The summed E-state index contributed by atoms with van der Waals surface area (Å²) in [5, 5.41) is 10.9. The Morgan fingerprint density at radius 1 is 1.67 bits per heavy atom. The van der Waals surface area contributed by atoms with E-state index < -0.39 is 11.4 Å². The summed E-state index contributed by atoms with van der Waals surface area (Å²) in [5.74, 6) is -0.700. The van der Waals surface area contributed by atoms with Crippen molar-refractivity contribution in [2.24, 2.45) is 0 Å². The van der Waals surface area contributed by atoms with Crippen LogP contribution in [0.5, 0.6) is 0 Å². The Balaban J connectivity index is 2.35. The number of carboxylic acid groups (broad SMARTS) is 1. The van der Waals surface area contributed by atoms with E-state index in [9.17, 15) is 4.79 Å². The quantitative estimate of drug-likeness (QED) is 0.758. The average molecular weight is 183 g/mol. The molecule has 3 nitrogen and oxygen atoms in total. The fraction of sp³-hybridized carbons (Fsp3) is 0.500. The molecule has 0 amide bonds. The standard InChI is InChI=1S/C8H9NO2S/c10-7(11)8(2-1-3-8)6-4-9-12-5-6/h4-5H,1-3H2,(H,10,11). The second-order valence-electron chi connectivity index (χ2n) is 3.15. The lowest BCUT2D eigenvalue weighted by Crippen LogP contribution is -2.41. The third-order valence-corrected chi connectivity index (χ3v) is 3.19. The van der Waals surface area contributed by atoms with Gasteiger partial charge in [0.25, 0.3) is 0 Å². The second-order valence-corrected chi connectivity index (χ2v) is 3.81. The highest BCUT2D eigenvalue weighted by atomic mass is 32.1. The van der Waals surface area contributed by atoms with Crippen LogP contribution < -0.4 is 0 Å². The van der Waals surface area contributed by atoms with E-state index in [-0.39, 0.29) is 0 Å². The van der Waals surface area contributed by atoms with E-state index in [4.69, 9.17) is 5.11 Å². The van der Waals surface area contributed by atoms with Crippen molar-refractivity contribution in [2.45, 2.75) is 24.7 Å². The molecule has 1 fully saturated rings. The molecule has 1 aromatic heterocycles. The molecule has 0 spiro atoms. The normalized spacial score (nSPS) is 20.0. The number of carbonyl (C=O) groups is 1. The van der Waals surface area contributed by atoms with Crippen molar-refractivity contribution in [3.05, 3.63) is 17.1 Å². The molecule has 0 aliphatic heterocycles. The van der Waals surface area contributed by atoms with Crippen LogP contribution in [0.25, 0.3) is 0 Å². The largest absolute Gasteiger partial charge is 0.481 e. The highest BCUT2D eigenvalue weighted by molar-refractivity contribution is 7.03. The van der Waals surface area contributed by atoms with Crippen LogP contribution in [0.1, 0.15) is 24.8 Å². The molecule has 1 aromatic rings. The summed E-state index contributed by atoms with van der Waals surface area (Å²) in [4.78, 5) is 11.0. The number of aliphatic carboxylic acids is 1. The SMILES string of the molecule is O=C(O)C1(c2cnsc2)CCC1. The fourth-order valence-corrected chi connectivity index (χ4v) is 2.23. The van der Waals surface area contributed by atoms with Crippen LogP contribution in [0.4, 0.5) is 0 Å². The third-order valence-electron chi connectivity index (χ3n) is 2.60. The fourth-order valence-electron chi connectivity index (χ4n) is 1.60. The number of hydrogen-bond donors (Lipinski definition) is 1. The summed E-state index contributed by atoms with van der Waals surface area (Å²) in [6, 6.07) is 0. The molecule has 2 rings (SSSR count). The Labute approximate surface area is 74.2 Å². The summed E-state index contributed by atoms with van der Waals surface area (Å²) in [5.41, 5.74) is 0.291. The molecular formula is C8H9NO2S. The molecule has 0 atom stereocenters. The first-order valence-electron chi connectivity index (χ1n) is 3.89. The van der Waals surface area contributed by atoms with Gasteiger partial charge in [0.05, 0.1) is 5.41 Å². The molecule has 0 aromatic carbocycles. The molecule has 64 valence electrons. The zero-order valence-electron chi connectivity index (χ0n) is 6.49. The number of nitrogens with zero attached hydrogens (tertiary/aromatic N) is 1. The lowest BCUT2D eigenvalue weighted by molar-refractivity contribution is -0.147. The van der Waals surface area contributed by atoms with Gasteiger partial charge in [0, 0.05) is 17.1 Å². The van der Waals surface area contributed by atoms with Crippen LogP contribution in [0.15, 0.2) is 11.6 Å². The molecule has 0 unspecified atom stereocenters. The van der Waals surface area contributed by atoms with Gasteiger partial charge in [-0.15, -0.1) is 0 Å². The van der Waals surface area contributed by atoms with Gasteiger partial charge in [-0.05, 0) is 24.4 Å². The summed E-state index contributed by atoms with van der Waals surface area (Å²) in [7, 11) is 0. The second kappa shape index (κ2) is 2.55. The van der Waals surface area contributed by atoms with Crippen molar-refractivity contribution in [1.29, 1.82) is 0 Å². The Hall–Kier alpha value is -0.900. The minimum atomic E-state index is -0.700. The smallest absolute Gasteiger partial charge is 0.314 e. The number of rotatable bonds is 2. The topological polar surface area (TPSA) is 50.2 Å². The first kappa shape index (κ1) is 7.73. The molecule has 4 heteroatoms.